The number of benzene rings is 1. The van der Waals surface area contributed by atoms with E-state index >= 15 is 0 Å². The molecule has 0 amide bonds. The van der Waals surface area contributed by atoms with Crippen LogP contribution in [0, 0.1) is 12.8 Å². The first-order valence-electron chi connectivity index (χ1n) is 11.8. The summed E-state index contributed by atoms with van der Waals surface area (Å²) >= 11 is 0. The Kier molecular flexibility index (Phi) is 5.76. The molecule has 7 heteroatoms. The Bertz CT molecular complexity index is 1270. The minimum absolute atomic E-state index is 0.181. The standard InChI is InChI=1S/C26H32N6O/c1-5-19-7-6-17(2)26(32-12-18(3)21(14-32)13-31-15-23(33)16-31)29-25(19)28-22-8-9-24-20(10-22)11-27-30(24)4/h6,8-12,14,19,23,33H,5,7,13,15-16H2,1-4H3. The molecule has 0 saturated carbocycles. The number of hydrogen-bond donors (Lipinski definition) is 1. The summed E-state index contributed by atoms with van der Waals surface area (Å²) in [6.45, 7) is 8.84. The lowest BCUT2D eigenvalue weighted by atomic mass is 10.0. The van der Waals surface area contributed by atoms with Crippen LogP contribution in [0.4, 0.5) is 5.69 Å². The molecule has 4 heterocycles. The van der Waals surface area contributed by atoms with Gasteiger partial charge in [-0.15, -0.1) is 0 Å². The van der Waals surface area contributed by atoms with Gasteiger partial charge in [0.1, 0.15) is 11.7 Å². The zero-order valence-electron chi connectivity index (χ0n) is 19.9. The molecule has 1 aromatic carbocycles. The number of allylic oxidation sites excluding steroid dienone is 2. The summed E-state index contributed by atoms with van der Waals surface area (Å²) in [5, 5.41) is 15.0. The summed E-state index contributed by atoms with van der Waals surface area (Å²) in [7, 11) is 1.95. The third kappa shape index (κ3) is 4.30. The molecular formula is C26H32N6O. The minimum Gasteiger partial charge on any atom is -0.390 e. The smallest absolute Gasteiger partial charge is 0.141 e. The van der Waals surface area contributed by atoms with Crippen LogP contribution in [-0.4, -0.2) is 55.2 Å². The molecule has 7 nitrogen and oxygen atoms in total. The van der Waals surface area contributed by atoms with Gasteiger partial charge in [0.05, 0.1) is 23.5 Å². The molecule has 5 rings (SSSR count). The highest BCUT2D eigenvalue weighted by molar-refractivity contribution is 6.09. The van der Waals surface area contributed by atoms with Crippen molar-refractivity contribution < 1.29 is 5.11 Å². The topological polar surface area (TPSA) is 70.9 Å². The molecule has 0 aliphatic carbocycles. The van der Waals surface area contributed by atoms with E-state index in [0.29, 0.717) is 0 Å². The zero-order valence-corrected chi connectivity index (χ0v) is 19.9. The van der Waals surface area contributed by atoms with Crippen LogP contribution in [0.15, 0.2) is 58.4 Å². The molecule has 1 atom stereocenters. The van der Waals surface area contributed by atoms with Crippen LogP contribution < -0.4 is 0 Å². The Balaban J connectivity index is 1.50. The Morgan fingerprint density at radius 1 is 1.18 bits per heavy atom. The summed E-state index contributed by atoms with van der Waals surface area (Å²) in [6.07, 6.45) is 10.3. The molecule has 0 bridgehead atoms. The number of hydrogen-bond acceptors (Lipinski definition) is 4. The lowest BCUT2D eigenvalue weighted by Crippen LogP contribution is -2.49. The number of aliphatic imine (C=N–C) groups is 2. The summed E-state index contributed by atoms with van der Waals surface area (Å²) < 4.78 is 4.02. The van der Waals surface area contributed by atoms with E-state index in [9.17, 15) is 5.11 Å². The number of likely N-dealkylation sites (tertiary alicyclic amines) is 1. The van der Waals surface area contributed by atoms with E-state index < -0.39 is 0 Å². The second-order valence-corrected chi connectivity index (χ2v) is 9.37. The zero-order chi connectivity index (χ0) is 23.1. The summed E-state index contributed by atoms with van der Waals surface area (Å²) in [5.74, 6) is 2.09. The normalized spacial score (nSPS) is 21.2. The van der Waals surface area contributed by atoms with Gasteiger partial charge in [0.15, 0.2) is 0 Å². The lowest BCUT2D eigenvalue weighted by molar-refractivity contribution is -0.00294. The van der Waals surface area contributed by atoms with Crippen molar-refractivity contribution in [2.24, 2.45) is 23.0 Å². The second kappa shape index (κ2) is 8.72. The van der Waals surface area contributed by atoms with Crippen molar-refractivity contribution in [1.82, 2.24) is 19.2 Å². The third-order valence-electron chi connectivity index (χ3n) is 6.82. The number of aliphatic hydroxyl groups is 1. The molecule has 3 aromatic rings. The van der Waals surface area contributed by atoms with Gasteiger partial charge in [-0.1, -0.05) is 13.0 Å². The molecule has 1 unspecified atom stereocenters. The molecule has 0 radical (unpaired) electrons. The van der Waals surface area contributed by atoms with Crippen molar-refractivity contribution in [1.29, 1.82) is 0 Å². The molecule has 33 heavy (non-hydrogen) atoms. The van der Waals surface area contributed by atoms with Crippen molar-refractivity contribution in [3.05, 3.63) is 59.6 Å². The second-order valence-electron chi connectivity index (χ2n) is 9.37. The molecule has 1 N–H and O–H groups in total. The third-order valence-corrected chi connectivity index (χ3v) is 6.82. The van der Waals surface area contributed by atoms with Gasteiger partial charge in [-0.3, -0.25) is 9.58 Å². The van der Waals surface area contributed by atoms with Crippen LogP contribution in [-0.2, 0) is 13.6 Å². The number of β-amino-alcohol motifs (C(OH)–C–C–N with tert-alkyl or cyclic N) is 1. The maximum atomic E-state index is 9.61. The molecule has 2 aromatic heterocycles. The molecule has 2 aliphatic heterocycles. The van der Waals surface area contributed by atoms with Gasteiger partial charge in [-0.2, -0.15) is 5.10 Å². The highest BCUT2D eigenvalue weighted by Gasteiger charge is 2.25. The van der Waals surface area contributed by atoms with Gasteiger partial charge in [0.25, 0.3) is 0 Å². The Labute approximate surface area is 194 Å². The van der Waals surface area contributed by atoms with E-state index in [1.54, 1.807) is 0 Å². The quantitative estimate of drug-likeness (QED) is 0.655. The van der Waals surface area contributed by atoms with Gasteiger partial charge in [-0.05, 0) is 61.6 Å². The van der Waals surface area contributed by atoms with Gasteiger partial charge < -0.3 is 9.67 Å². The van der Waals surface area contributed by atoms with E-state index in [1.165, 1.54) is 16.7 Å². The first-order valence-corrected chi connectivity index (χ1v) is 11.8. The molecule has 1 saturated heterocycles. The molecule has 0 spiro atoms. The van der Waals surface area contributed by atoms with Gasteiger partial charge >= 0.3 is 0 Å². The van der Waals surface area contributed by atoms with E-state index in [-0.39, 0.29) is 12.0 Å². The van der Waals surface area contributed by atoms with Crippen molar-refractivity contribution in [3.8, 4) is 0 Å². The number of amidine groups is 1. The van der Waals surface area contributed by atoms with Crippen LogP contribution in [0.5, 0.6) is 0 Å². The molecular weight excluding hydrogens is 412 g/mol. The van der Waals surface area contributed by atoms with E-state index in [4.69, 9.17) is 9.98 Å². The first-order chi connectivity index (χ1) is 15.9. The van der Waals surface area contributed by atoms with Gasteiger partial charge in [-0.25, -0.2) is 9.98 Å². The molecule has 2 aliphatic rings. The van der Waals surface area contributed by atoms with Crippen molar-refractivity contribution in [2.45, 2.75) is 46.3 Å². The van der Waals surface area contributed by atoms with Gasteiger partial charge in [0.2, 0.25) is 0 Å². The highest BCUT2D eigenvalue weighted by Crippen LogP contribution is 2.26. The highest BCUT2D eigenvalue weighted by atomic mass is 16.3. The minimum atomic E-state index is -0.181. The predicted octanol–water partition coefficient (Wildman–Crippen LogP) is 4.21. The number of rotatable bonds is 4. The molecule has 172 valence electrons. The Morgan fingerprint density at radius 2 is 2.00 bits per heavy atom. The number of aliphatic hydroxyl groups excluding tert-OH is 1. The maximum Gasteiger partial charge on any atom is 0.141 e. The number of aromatic nitrogens is 3. The van der Waals surface area contributed by atoms with Crippen molar-refractivity contribution >= 4 is 28.3 Å². The van der Waals surface area contributed by atoms with E-state index in [1.807, 2.05) is 24.0 Å². The number of fused-ring (bicyclic) bond motifs is 1. The van der Waals surface area contributed by atoms with E-state index in [2.05, 4.69) is 65.9 Å². The Hall–Kier alpha value is -3.03. The lowest BCUT2D eigenvalue weighted by Gasteiger charge is -2.35. The Morgan fingerprint density at radius 3 is 2.76 bits per heavy atom. The summed E-state index contributed by atoms with van der Waals surface area (Å²) in [5.41, 5.74) is 5.69. The number of nitrogens with zero attached hydrogens (tertiary/aromatic N) is 6. The SMILES string of the molecule is CCC1CC=C(C)C(n2cc(C)c(CN3CC(O)C3)c2)=NC1=Nc1ccc2c(cnn2C)c1. The monoisotopic (exact) mass is 444 g/mol. The average molecular weight is 445 g/mol. The summed E-state index contributed by atoms with van der Waals surface area (Å²) in [4.78, 5) is 12.4. The van der Waals surface area contributed by atoms with Crippen LogP contribution in [0.1, 0.15) is 37.8 Å². The summed E-state index contributed by atoms with van der Waals surface area (Å²) in [6, 6.07) is 6.20. The fourth-order valence-electron chi connectivity index (χ4n) is 4.68. The number of aryl methyl sites for hydroxylation is 2. The largest absolute Gasteiger partial charge is 0.390 e. The van der Waals surface area contributed by atoms with Crippen LogP contribution in [0.2, 0.25) is 0 Å². The van der Waals surface area contributed by atoms with Crippen LogP contribution >= 0.6 is 0 Å². The van der Waals surface area contributed by atoms with E-state index in [0.717, 1.165) is 60.7 Å². The average Bonchev–Trinajstić information content (AvgIpc) is 3.27. The van der Waals surface area contributed by atoms with Gasteiger partial charge in [0, 0.05) is 50.4 Å². The predicted molar refractivity (Wildman–Crippen MR) is 133 cm³/mol. The first kappa shape index (κ1) is 21.8. The van der Waals surface area contributed by atoms with Crippen molar-refractivity contribution in [2.75, 3.05) is 13.1 Å². The van der Waals surface area contributed by atoms with Crippen LogP contribution in [0.25, 0.3) is 10.9 Å². The fourth-order valence-corrected chi connectivity index (χ4v) is 4.68. The molecule has 1 fully saturated rings. The fraction of sp³-hybridized carbons (Fsp3) is 0.423. The maximum absolute atomic E-state index is 9.61. The van der Waals surface area contributed by atoms with Crippen LogP contribution in [0.3, 0.4) is 0 Å². The van der Waals surface area contributed by atoms with Crippen molar-refractivity contribution in [3.63, 3.8) is 0 Å².